The normalized spacial score (nSPS) is 17.9. The zero-order chi connectivity index (χ0) is 31.1. The summed E-state index contributed by atoms with van der Waals surface area (Å²) in [5.74, 6) is 0.760. The Balaban J connectivity index is 1.54. The number of nitrogens with zero attached hydrogens (tertiary/aromatic N) is 4. The molecule has 1 atom stereocenters. The number of ether oxygens (including phenoxy) is 3. The van der Waals surface area contributed by atoms with E-state index in [1.807, 2.05) is 46.4 Å². The molecular weight excluding hydrogens is 532 g/mol. The number of aryl methyl sites for hydroxylation is 2. The monoisotopic (exact) mass is 588 g/mol. The second-order valence-corrected chi connectivity index (χ2v) is 14.5. The highest BCUT2D eigenvalue weighted by Crippen LogP contribution is 2.28. The fourth-order valence-corrected chi connectivity index (χ4v) is 5.43. The van der Waals surface area contributed by atoms with Crippen molar-refractivity contribution in [1.82, 2.24) is 14.8 Å². The van der Waals surface area contributed by atoms with E-state index in [9.17, 15) is 9.59 Å². The molecule has 2 amide bonds. The summed E-state index contributed by atoms with van der Waals surface area (Å²) < 4.78 is 17.0. The number of carbonyl (C=O) groups is 2. The molecule has 2 aliphatic rings. The highest BCUT2D eigenvalue weighted by Gasteiger charge is 2.33. The van der Waals surface area contributed by atoms with Crippen molar-refractivity contribution in [3.05, 3.63) is 23.4 Å². The fourth-order valence-electron chi connectivity index (χ4n) is 5.43. The van der Waals surface area contributed by atoms with Crippen molar-refractivity contribution < 1.29 is 23.8 Å². The second-order valence-electron chi connectivity index (χ2n) is 14.5. The van der Waals surface area contributed by atoms with Gasteiger partial charge in [0, 0.05) is 45.0 Å². The predicted molar refractivity (Wildman–Crippen MR) is 167 cm³/mol. The van der Waals surface area contributed by atoms with Gasteiger partial charge in [-0.1, -0.05) is 12.5 Å². The molecule has 0 radical (unpaired) electrons. The summed E-state index contributed by atoms with van der Waals surface area (Å²) in [4.78, 5) is 36.5. The Kier molecular flexibility index (Phi) is 11.7. The molecule has 0 N–H and O–H groups in total. The Morgan fingerprint density at radius 3 is 2.29 bits per heavy atom. The Bertz CT molecular complexity index is 1050. The van der Waals surface area contributed by atoms with Gasteiger partial charge < -0.3 is 19.1 Å². The van der Waals surface area contributed by atoms with E-state index in [1.54, 1.807) is 12.0 Å². The summed E-state index contributed by atoms with van der Waals surface area (Å²) in [6.07, 6.45) is 7.27. The number of rotatable bonds is 11. The van der Waals surface area contributed by atoms with Crippen LogP contribution in [0.5, 0.6) is 0 Å². The van der Waals surface area contributed by atoms with Gasteiger partial charge in [0.2, 0.25) is 0 Å². The van der Waals surface area contributed by atoms with Crippen LogP contribution in [0.2, 0.25) is 0 Å². The fraction of sp³-hybridized carbons (Fsp3) is 0.788. The zero-order valence-corrected chi connectivity index (χ0v) is 27.8. The first-order chi connectivity index (χ1) is 19.6. The van der Waals surface area contributed by atoms with E-state index >= 15 is 0 Å². The molecule has 0 aromatic carbocycles. The minimum atomic E-state index is -0.536. The molecule has 42 heavy (non-hydrogen) atoms. The van der Waals surface area contributed by atoms with Crippen LogP contribution in [0.15, 0.2) is 12.1 Å². The molecule has 0 aliphatic carbocycles. The molecule has 0 spiro atoms. The van der Waals surface area contributed by atoms with E-state index in [2.05, 4.69) is 30.9 Å². The molecule has 2 aliphatic heterocycles. The topological polar surface area (TPSA) is 84.4 Å². The lowest BCUT2D eigenvalue weighted by atomic mass is 10.0. The van der Waals surface area contributed by atoms with Gasteiger partial charge in [-0.15, -0.1) is 0 Å². The number of pyridine rings is 1. The number of hydrogen-bond donors (Lipinski definition) is 0. The molecule has 3 heterocycles. The van der Waals surface area contributed by atoms with Crippen LogP contribution < -0.4 is 4.90 Å². The number of anilines is 1. The summed E-state index contributed by atoms with van der Waals surface area (Å²) in [6.45, 7) is 19.7. The minimum absolute atomic E-state index is 0.187. The van der Waals surface area contributed by atoms with Gasteiger partial charge in [-0.05, 0) is 119 Å². The minimum Gasteiger partial charge on any atom is -0.444 e. The van der Waals surface area contributed by atoms with Gasteiger partial charge >= 0.3 is 12.2 Å². The molecule has 9 heteroatoms. The molecule has 238 valence electrons. The number of carbonyl (C=O) groups excluding carboxylic acids is 2. The van der Waals surface area contributed by atoms with E-state index in [-0.39, 0.29) is 17.8 Å². The Morgan fingerprint density at radius 2 is 1.62 bits per heavy atom. The van der Waals surface area contributed by atoms with Crippen LogP contribution >= 0.6 is 0 Å². The number of hydrogen-bond acceptors (Lipinski definition) is 7. The maximum absolute atomic E-state index is 12.8. The first-order valence-corrected chi connectivity index (χ1v) is 15.8. The smallest absolute Gasteiger partial charge is 0.416 e. The standard InChI is InChI=1S/C33H56N4O5/c1-31(2,3)41-29(38)36-22-18-27(24-36)35(23-19-33(7,8)40-9)20-12-10-11-15-26-17-16-25-14-13-21-37(28(25)34-26)30(39)42-32(4,5)6/h16-17,27H,10-15,18-24H2,1-9H3/t27-/m1/s1. The van der Waals surface area contributed by atoms with Crippen LogP contribution in [-0.2, 0) is 27.1 Å². The molecule has 3 rings (SSSR count). The second kappa shape index (κ2) is 14.4. The van der Waals surface area contributed by atoms with Gasteiger partial charge in [-0.3, -0.25) is 9.80 Å². The van der Waals surface area contributed by atoms with Crippen LogP contribution in [0.3, 0.4) is 0 Å². The summed E-state index contributed by atoms with van der Waals surface area (Å²) in [5.41, 5.74) is 0.922. The number of amides is 2. The zero-order valence-electron chi connectivity index (χ0n) is 27.8. The largest absolute Gasteiger partial charge is 0.444 e. The van der Waals surface area contributed by atoms with Crippen LogP contribution in [-0.4, -0.2) is 89.6 Å². The lowest BCUT2D eigenvalue weighted by Crippen LogP contribution is -2.43. The lowest BCUT2D eigenvalue weighted by Gasteiger charge is -2.33. The van der Waals surface area contributed by atoms with Crippen LogP contribution in [0.4, 0.5) is 15.4 Å². The average Bonchev–Trinajstić information content (AvgIpc) is 3.38. The Morgan fingerprint density at radius 1 is 0.929 bits per heavy atom. The van der Waals surface area contributed by atoms with E-state index < -0.39 is 11.2 Å². The number of methoxy groups -OCH3 is 1. The van der Waals surface area contributed by atoms with Crippen LogP contribution in [0.1, 0.15) is 105 Å². The van der Waals surface area contributed by atoms with Crippen molar-refractivity contribution in [3.8, 4) is 0 Å². The summed E-state index contributed by atoms with van der Waals surface area (Å²) in [6, 6.07) is 4.57. The molecule has 0 bridgehead atoms. The number of likely N-dealkylation sites (tertiary alicyclic amines) is 1. The third-order valence-corrected chi connectivity index (χ3v) is 7.97. The highest BCUT2D eigenvalue weighted by atomic mass is 16.6. The maximum Gasteiger partial charge on any atom is 0.416 e. The summed E-state index contributed by atoms with van der Waals surface area (Å²) in [7, 11) is 1.77. The van der Waals surface area contributed by atoms with E-state index in [0.717, 1.165) is 88.1 Å². The van der Waals surface area contributed by atoms with Crippen molar-refractivity contribution in [2.75, 3.05) is 44.7 Å². The van der Waals surface area contributed by atoms with E-state index in [1.165, 1.54) is 0 Å². The molecule has 9 nitrogen and oxygen atoms in total. The number of unbranched alkanes of at least 4 members (excludes halogenated alkanes) is 2. The van der Waals surface area contributed by atoms with Crippen molar-refractivity contribution >= 4 is 18.0 Å². The molecule has 1 aromatic rings. The van der Waals surface area contributed by atoms with Gasteiger partial charge in [0.25, 0.3) is 0 Å². The third-order valence-electron chi connectivity index (χ3n) is 7.97. The van der Waals surface area contributed by atoms with Crippen molar-refractivity contribution in [2.45, 2.75) is 130 Å². The Labute approximate surface area is 254 Å². The molecule has 1 aromatic heterocycles. The SMILES string of the molecule is COC(C)(C)CCN(CCCCCc1ccc2c(n1)N(C(=O)OC(C)(C)C)CCC2)[C@@H]1CCN(C(=O)OC(C)(C)C)C1. The lowest BCUT2D eigenvalue weighted by molar-refractivity contribution is 0.00311. The Hall–Kier alpha value is -2.39. The van der Waals surface area contributed by atoms with E-state index in [4.69, 9.17) is 19.2 Å². The maximum atomic E-state index is 12.8. The van der Waals surface area contributed by atoms with Gasteiger partial charge in [0.15, 0.2) is 0 Å². The summed E-state index contributed by atoms with van der Waals surface area (Å²) in [5, 5.41) is 0. The summed E-state index contributed by atoms with van der Waals surface area (Å²) >= 11 is 0. The first-order valence-electron chi connectivity index (χ1n) is 15.8. The molecule has 1 saturated heterocycles. The number of fused-ring (bicyclic) bond motifs is 1. The van der Waals surface area contributed by atoms with Crippen LogP contribution in [0, 0.1) is 0 Å². The number of aromatic nitrogens is 1. The van der Waals surface area contributed by atoms with Gasteiger partial charge in [0.1, 0.15) is 17.0 Å². The first kappa shape index (κ1) is 34.1. The van der Waals surface area contributed by atoms with Crippen molar-refractivity contribution in [3.63, 3.8) is 0 Å². The van der Waals surface area contributed by atoms with Crippen molar-refractivity contribution in [1.29, 1.82) is 0 Å². The third kappa shape index (κ3) is 10.7. The molecule has 1 fully saturated rings. The molecular formula is C33H56N4O5. The molecule has 0 unspecified atom stereocenters. The van der Waals surface area contributed by atoms with Gasteiger partial charge in [-0.2, -0.15) is 0 Å². The molecule has 0 saturated carbocycles. The quantitative estimate of drug-likeness (QED) is 0.269. The predicted octanol–water partition coefficient (Wildman–Crippen LogP) is 6.61. The van der Waals surface area contributed by atoms with Gasteiger partial charge in [0.05, 0.1) is 5.60 Å². The van der Waals surface area contributed by atoms with Gasteiger partial charge in [-0.25, -0.2) is 14.6 Å². The van der Waals surface area contributed by atoms with E-state index in [0.29, 0.717) is 19.1 Å². The van der Waals surface area contributed by atoms with Crippen LogP contribution in [0.25, 0.3) is 0 Å². The highest BCUT2D eigenvalue weighted by molar-refractivity contribution is 5.88. The average molecular weight is 589 g/mol. The van der Waals surface area contributed by atoms with Crippen molar-refractivity contribution in [2.24, 2.45) is 0 Å².